The summed E-state index contributed by atoms with van der Waals surface area (Å²) in [6.07, 6.45) is 1.47. The van der Waals surface area contributed by atoms with Crippen LogP contribution in [0.4, 0.5) is 11.4 Å². The third-order valence-electron chi connectivity index (χ3n) is 4.05. The van der Waals surface area contributed by atoms with Gasteiger partial charge in [0, 0.05) is 23.4 Å². The molecule has 0 spiro atoms. The molecule has 0 saturated heterocycles. The van der Waals surface area contributed by atoms with Crippen molar-refractivity contribution in [1.82, 2.24) is 0 Å². The normalized spacial score (nSPS) is 11.5. The third-order valence-corrected chi connectivity index (χ3v) is 5.82. The molecule has 0 radical (unpaired) electrons. The van der Waals surface area contributed by atoms with E-state index in [-0.39, 0.29) is 33.7 Å². The van der Waals surface area contributed by atoms with Gasteiger partial charge in [0.1, 0.15) is 4.90 Å². The Labute approximate surface area is 194 Å². The lowest BCUT2D eigenvalue weighted by atomic mass is 10.2. The Hall–Kier alpha value is -3.14. The fourth-order valence-corrected chi connectivity index (χ4v) is 3.96. The number of benzene rings is 3. The highest BCUT2D eigenvalue weighted by Gasteiger charge is 2.22. The molecule has 3 rings (SSSR count). The second-order valence-electron chi connectivity index (χ2n) is 6.29. The van der Waals surface area contributed by atoms with E-state index in [9.17, 15) is 18.5 Å². The molecule has 0 atom stereocenters. The van der Waals surface area contributed by atoms with Crippen LogP contribution < -0.4 is 8.92 Å². The fourth-order valence-electron chi connectivity index (χ4n) is 2.57. The summed E-state index contributed by atoms with van der Waals surface area (Å²) in [4.78, 5) is 14.4. The van der Waals surface area contributed by atoms with Gasteiger partial charge in [-0.1, -0.05) is 23.2 Å². The summed E-state index contributed by atoms with van der Waals surface area (Å²) in [6, 6.07) is 14.2. The molecular weight excluding hydrogens is 479 g/mol. The van der Waals surface area contributed by atoms with E-state index in [1.165, 1.54) is 66.9 Å². The van der Waals surface area contributed by atoms with Crippen molar-refractivity contribution < 1.29 is 22.3 Å². The molecule has 0 amide bonds. The molecule has 0 aliphatic carbocycles. The zero-order valence-electron chi connectivity index (χ0n) is 16.6. The molecule has 3 aromatic carbocycles. The van der Waals surface area contributed by atoms with E-state index in [0.29, 0.717) is 16.3 Å². The molecular formula is C21H16Cl2N2O6S. The Kier molecular flexibility index (Phi) is 7.34. The topological polar surface area (TPSA) is 108 Å². The van der Waals surface area contributed by atoms with Crippen LogP contribution in [0.2, 0.25) is 10.0 Å². The second kappa shape index (κ2) is 9.99. The fraction of sp³-hybridized carbons (Fsp3) is 0.0952. The van der Waals surface area contributed by atoms with Crippen LogP contribution >= 0.6 is 23.2 Å². The minimum Gasteiger partial charge on any atom is -0.490 e. The molecule has 166 valence electrons. The number of non-ortho nitro benzene ring substituents is 1. The Bertz CT molecular complexity index is 1260. The predicted octanol–water partition coefficient (Wildman–Crippen LogP) is 5.82. The summed E-state index contributed by atoms with van der Waals surface area (Å²) < 4.78 is 36.1. The number of nitrogens with zero attached hydrogens (tertiary/aromatic N) is 2. The number of rotatable bonds is 8. The van der Waals surface area contributed by atoms with Crippen LogP contribution in [0.5, 0.6) is 11.5 Å². The van der Waals surface area contributed by atoms with Gasteiger partial charge in [0.05, 0.1) is 22.2 Å². The zero-order valence-corrected chi connectivity index (χ0v) is 18.9. The summed E-state index contributed by atoms with van der Waals surface area (Å²) in [5, 5.41) is 11.1. The van der Waals surface area contributed by atoms with Crippen LogP contribution in [0.1, 0.15) is 12.5 Å². The number of ether oxygens (including phenoxy) is 1. The maximum Gasteiger partial charge on any atom is 0.339 e. The van der Waals surface area contributed by atoms with E-state index in [2.05, 4.69) is 4.99 Å². The molecule has 0 aliphatic heterocycles. The summed E-state index contributed by atoms with van der Waals surface area (Å²) in [7, 11) is -4.18. The van der Waals surface area contributed by atoms with Gasteiger partial charge in [-0.2, -0.15) is 8.42 Å². The molecule has 0 aliphatic rings. The Morgan fingerprint density at radius 1 is 1.06 bits per heavy atom. The number of hydrogen-bond acceptors (Lipinski definition) is 7. The highest BCUT2D eigenvalue weighted by atomic mass is 35.5. The van der Waals surface area contributed by atoms with Crippen LogP contribution in [0.15, 0.2) is 70.6 Å². The first-order valence-electron chi connectivity index (χ1n) is 9.14. The molecule has 11 heteroatoms. The van der Waals surface area contributed by atoms with E-state index in [0.717, 1.165) is 0 Å². The highest BCUT2D eigenvalue weighted by Crippen LogP contribution is 2.38. The van der Waals surface area contributed by atoms with Crippen molar-refractivity contribution in [2.75, 3.05) is 6.61 Å². The molecule has 0 aromatic heterocycles. The van der Waals surface area contributed by atoms with Crippen LogP contribution in [0, 0.1) is 10.1 Å². The van der Waals surface area contributed by atoms with Crippen molar-refractivity contribution in [2.24, 2.45) is 4.99 Å². The van der Waals surface area contributed by atoms with Gasteiger partial charge >= 0.3 is 10.1 Å². The molecule has 0 saturated carbocycles. The number of hydrogen-bond donors (Lipinski definition) is 0. The van der Waals surface area contributed by atoms with E-state index in [1.54, 1.807) is 6.92 Å². The summed E-state index contributed by atoms with van der Waals surface area (Å²) in [6.45, 7) is 1.96. The van der Waals surface area contributed by atoms with Crippen LogP contribution in [0.25, 0.3) is 0 Å². The van der Waals surface area contributed by atoms with Gasteiger partial charge in [0.2, 0.25) is 5.75 Å². The smallest absolute Gasteiger partial charge is 0.339 e. The maximum atomic E-state index is 12.6. The van der Waals surface area contributed by atoms with E-state index in [4.69, 9.17) is 32.1 Å². The highest BCUT2D eigenvalue weighted by molar-refractivity contribution is 7.87. The van der Waals surface area contributed by atoms with Crippen molar-refractivity contribution in [3.8, 4) is 11.5 Å². The quantitative estimate of drug-likeness (QED) is 0.169. The molecule has 0 N–H and O–H groups in total. The third kappa shape index (κ3) is 5.76. The van der Waals surface area contributed by atoms with Gasteiger partial charge < -0.3 is 8.92 Å². The largest absolute Gasteiger partial charge is 0.490 e. The Balaban J connectivity index is 1.90. The molecule has 0 heterocycles. The van der Waals surface area contributed by atoms with Gasteiger partial charge in [-0.25, -0.2) is 0 Å². The van der Waals surface area contributed by atoms with Gasteiger partial charge in [-0.15, -0.1) is 0 Å². The zero-order chi connectivity index (χ0) is 23.3. The molecule has 0 unspecified atom stereocenters. The SMILES string of the molecule is CCOc1cc(C=Nc2ccc([N+](=O)[O-])cc2)cc(Cl)c1OS(=O)(=O)c1ccc(Cl)cc1. The monoisotopic (exact) mass is 494 g/mol. The summed E-state index contributed by atoms with van der Waals surface area (Å²) in [5.41, 5.74) is 0.942. The minimum absolute atomic E-state index is 0.00126. The van der Waals surface area contributed by atoms with Crippen LogP contribution in [-0.2, 0) is 10.1 Å². The molecule has 8 nitrogen and oxygen atoms in total. The predicted molar refractivity (Wildman–Crippen MR) is 122 cm³/mol. The average Bonchev–Trinajstić information content (AvgIpc) is 2.75. The van der Waals surface area contributed by atoms with Crippen LogP contribution in [-0.4, -0.2) is 26.2 Å². The number of halogens is 2. The van der Waals surface area contributed by atoms with Crippen molar-refractivity contribution in [1.29, 1.82) is 0 Å². The van der Waals surface area contributed by atoms with Crippen molar-refractivity contribution in [2.45, 2.75) is 11.8 Å². The average molecular weight is 495 g/mol. The maximum absolute atomic E-state index is 12.6. The van der Waals surface area contributed by atoms with Gasteiger partial charge in [-0.05, 0) is 61.0 Å². The Morgan fingerprint density at radius 3 is 2.31 bits per heavy atom. The second-order valence-corrected chi connectivity index (χ2v) is 8.68. The molecule has 0 bridgehead atoms. The number of nitro groups is 1. The van der Waals surface area contributed by atoms with Crippen LogP contribution in [0.3, 0.4) is 0 Å². The van der Waals surface area contributed by atoms with Crippen molar-refractivity contribution in [3.63, 3.8) is 0 Å². The lowest BCUT2D eigenvalue weighted by Gasteiger charge is -2.14. The van der Waals surface area contributed by atoms with E-state index in [1.807, 2.05) is 0 Å². The van der Waals surface area contributed by atoms with Crippen molar-refractivity contribution >= 4 is 50.9 Å². The molecule has 0 fully saturated rings. The first kappa shape index (κ1) is 23.5. The van der Waals surface area contributed by atoms with Gasteiger partial charge in [-0.3, -0.25) is 15.1 Å². The van der Waals surface area contributed by atoms with E-state index < -0.39 is 15.0 Å². The first-order chi connectivity index (χ1) is 15.2. The summed E-state index contributed by atoms with van der Waals surface area (Å²) in [5.74, 6) is -0.0429. The lowest BCUT2D eigenvalue weighted by molar-refractivity contribution is -0.384. The standard InChI is InChI=1S/C21H16Cl2N2O6S/c1-2-30-20-12-14(13-24-16-5-7-17(8-6-16)25(26)27)11-19(23)21(20)31-32(28,29)18-9-3-15(22)4-10-18/h3-13H,2H2,1H3. The van der Waals surface area contributed by atoms with Gasteiger partial charge in [0.25, 0.3) is 5.69 Å². The first-order valence-corrected chi connectivity index (χ1v) is 11.3. The number of aliphatic imine (C=N–C) groups is 1. The molecule has 32 heavy (non-hydrogen) atoms. The molecule has 3 aromatic rings. The lowest BCUT2D eigenvalue weighted by Crippen LogP contribution is -2.11. The van der Waals surface area contributed by atoms with E-state index >= 15 is 0 Å². The van der Waals surface area contributed by atoms with Crippen molar-refractivity contribution in [3.05, 3.63) is 86.4 Å². The number of nitro benzene ring substituents is 1. The van der Waals surface area contributed by atoms with Gasteiger partial charge in [0.15, 0.2) is 5.75 Å². The summed E-state index contributed by atoms with van der Waals surface area (Å²) >= 11 is 12.1. The Morgan fingerprint density at radius 2 is 1.72 bits per heavy atom. The minimum atomic E-state index is -4.18.